The Hall–Kier alpha value is -2.07. The first-order valence-corrected chi connectivity index (χ1v) is 6.22. The van der Waals surface area contributed by atoms with E-state index in [-0.39, 0.29) is 11.6 Å². The molecule has 4 nitrogen and oxygen atoms in total. The summed E-state index contributed by atoms with van der Waals surface area (Å²) in [5, 5.41) is 0.404. The molecule has 98 valence electrons. The van der Waals surface area contributed by atoms with E-state index in [0.717, 1.165) is 5.56 Å². The molecule has 5 heteroatoms. The van der Waals surface area contributed by atoms with Gasteiger partial charge in [0, 0.05) is 18.3 Å². The molecule has 0 aliphatic carbocycles. The summed E-state index contributed by atoms with van der Waals surface area (Å²) in [5.74, 6) is 0.136. The molecule has 0 saturated carbocycles. The third-order valence-corrected chi connectivity index (χ3v) is 2.98. The van der Waals surface area contributed by atoms with Crippen LogP contribution < -0.4 is 11.5 Å². The van der Waals surface area contributed by atoms with Crippen LogP contribution in [0, 0.1) is 0 Å². The van der Waals surface area contributed by atoms with Crippen LogP contribution in [0.25, 0.3) is 0 Å². The number of halogens is 1. The van der Waals surface area contributed by atoms with Gasteiger partial charge in [-0.05, 0) is 30.2 Å². The molecule has 1 heterocycles. The van der Waals surface area contributed by atoms with Crippen LogP contribution >= 0.6 is 11.6 Å². The minimum Gasteiger partial charge on any atom is -0.399 e. The summed E-state index contributed by atoms with van der Waals surface area (Å²) in [7, 11) is 0. The van der Waals surface area contributed by atoms with Crippen LogP contribution in [-0.2, 0) is 6.42 Å². The summed E-state index contributed by atoms with van der Waals surface area (Å²) in [6.45, 7) is 0. The Morgan fingerprint density at radius 3 is 2.79 bits per heavy atom. The predicted molar refractivity (Wildman–Crippen MR) is 77.2 cm³/mol. The van der Waals surface area contributed by atoms with E-state index < -0.39 is 0 Å². The summed E-state index contributed by atoms with van der Waals surface area (Å²) in [6.07, 6.45) is 2.37. The number of hydrogen-bond donors (Lipinski definition) is 2. The molecule has 0 unspecified atom stereocenters. The van der Waals surface area contributed by atoms with Crippen LogP contribution in [-0.4, -0.2) is 10.8 Å². The van der Waals surface area contributed by atoms with E-state index >= 15 is 0 Å². The number of hydrogen-bond acceptors (Lipinski definition) is 4. The normalized spacial score (nSPS) is 10.4. The molecule has 1 aromatic carbocycles. The van der Waals surface area contributed by atoms with E-state index in [9.17, 15) is 4.79 Å². The maximum atomic E-state index is 12.1. The van der Waals surface area contributed by atoms with Crippen molar-refractivity contribution in [2.45, 2.75) is 12.8 Å². The second kappa shape index (κ2) is 5.71. The van der Waals surface area contributed by atoms with Crippen molar-refractivity contribution < 1.29 is 4.79 Å². The van der Waals surface area contributed by atoms with Crippen molar-refractivity contribution in [3.8, 4) is 0 Å². The lowest BCUT2D eigenvalue weighted by Crippen LogP contribution is -2.06. The number of benzene rings is 1. The van der Waals surface area contributed by atoms with E-state index in [1.54, 1.807) is 6.07 Å². The maximum Gasteiger partial charge on any atom is 0.166 e. The Labute approximate surface area is 116 Å². The molecule has 0 radical (unpaired) electrons. The lowest BCUT2D eigenvalue weighted by Gasteiger charge is -2.05. The van der Waals surface area contributed by atoms with Gasteiger partial charge < -0.3 is 11.5 Å². The van der Waals surface area contributed by atoms with Gasteiger partial charge in [0.15, 0.2) is 5.78 Å². The molecule has 0 amide bonds. The molecular weight excluding hydrogens is 262 g/mol. The number of carbonyl (C=O) groups is 1. The SMILES string of the molecule is Nc1cccc(CCC(=O)c2cc(Cl)cnc2N)c1. The van der Waals surface area contributed by atoms with Gasteiger partial charge in [-0.15, -0.1) is 0 Å². The Balaban J connectivity index is 2.07. The average Bonchev–Trinajstić information content (AvgIpc) is 2.39. The van der Waals surface area contributed by atoms with Gasteiger partial charge in [-0.3, -0.25) is 4.79 Å². The van der Waals surface area contributed by atoms with Gasteiger partial charge >= 0.3 is 0 Å². The molecule has 2 rings (SSSR count). The highest BCUT2D eigenvalue weighted by molar-refractivity contribution is 6.31. The summed E-state index contributed by atoms with van der Waals surface area (Å²) in [4.78, 5) is 15.9. The molecular formula is C14H14ClN3O. The number of pyridine rings is 1. The number of nitrogens with two attached hydrogens (primary N) is 2. The molecule has 0 saturated heterocycles. The van der Waals surface area contributed by atoms with Crippen molar-refractivity contribution in [3.63, 3.8) is 0 Å². The van der Waals surface area contributed by atoms with Gasteiger partial charge in [0.05, 0.1) is 10.6 Å². The molecule has 2 aromatic rings. The second-order valence-corrected chi connectivity index (χ2v) is 4.69. The predicted octanol–water partition coefficient (Wildman–Crippen LogP) is 2.71. The van der Waals surface area contributed by atoms with Crippen molar-refractivity contribution in [2.75, 3.05) is 11.5 Å². The number of aryl methyl sites for hydroxylation is 1. The fourth-order valence-electron chi connectivity index (χ4n) is 1.81. The lowest BCUT2D eigenvalue weighted by molar-refractivity contribution is 0.0983. The van der Waals surface area contributed by atoms with Gasteiger partial charge in [-0.2, -0.15) is 0 Å². The molecule has 0 spiro atoms. The first-order valence-electron chi connectivity index (χ1n) is 5.85. The number of nitrogens with zero attached hydrogens (tertiary/aromatic N) is 1. The number of nitrogen functional groups attached to an aromatic ring is 2. The number of Topliss-reactive ketones (excluding diaryl/α,β-unsaturated/α-hetero) is 1. The fraction of sp³-hybridized carbons (Fsp3) is 0.143. The quantitative estimate of drug-likeness (QED) is 0.664. The van der Waals surface area contributed by atoms with E-state index in [1.807, 2.05) is 24.3 Å². The Kier molecular flexibility index (Phi) is 4.02. The van der Waals surface area contributed by atoms with Crippen LogP contribution in [0.1, 0.15) is 22.3 Å². The van der Waals surface area contributed by atoms with Gasteiger partial charge in [0.1, 0.15) is 5.82 Å². The lowest BCUT2D eigenvalue weighted by atomic mass is 10.0. The summed E-state index contributed by atoms with van der Waals surface area (Å²) >= 11 is 5.81. The molecule has 19 heavy (non-hydrogen) atoms. The highest BCUT2D eigenvalue weighted by Crippen LogP contribution is 2.18. The van der Waals surface area contributed by atoms with Crippen LogP contribution in [0.5, 0.6) is 0 Å². The largest absolute Gasteiger partial charge is 0.399 e. The first kappa shape index (κ1) is 13.4. The van der Waals surface area contributed by atoms with Gasteiger partial charge in [0.2, 0.25) is 0 Å². The van der Waals surface area contributed by atoms with Crippen LogP contribution in [0.4, 0.5) is 11.5 Å². The molecule has 0 fully saturated rings. The number of anilines is 2. The zero-order chi connectivity index (χ0) is 13.8. The topological polar surface area (TPSA) is 82.0 Å². The second-order valence-electron chi connectivity index (χ2n) is 4.25. The average molecular weight is 276 g/mol. The van der Waals surface area contributed by atoms with Crippen molar-refractivity contribution in [1.29, 1.82) is 0 Å². The van der Waals surface area contributed by atoms with E-state index in [4.69, 9.17) is 23.1 Å². The summed E-state index contributed by atoms with van der Waals surface area (Å²) < 4.78 is 0. The number of aromatic nitrogens is 1. The van der Waals surface area contributed by atoms with E-state index in [1.165, 1.54) is 6.20 Å². The smallest absolute Gasteiger partial charge is 0.166 e. The highest BCUT2D eigenvalue weighted by atomic mass is 35.5. The van der Waals surface area contributed by atoms with Crippen molar-refractivity contribution in [1.82, 2.24) is 4.98 Å². The number of rotatable bonds is 4. The zero-order valence-electron chi connectivity index (χ0n) is 10.3. The third-order valence-electron chi connectivity index (χ3n) is 2.78. The Bertz CT molecular complexity index is 613. The first-order chi connectivity index (χ1) is 9.06. The molecule has 0 atom stereocenters. The van der Waals surface area contributed by atoms with Crippen LogP contribution in [0.3, 0.4) is 0 Å². The van der Waals surface area contributed by atoms with E-state index in [0.29, 0.717) is 29.1 Å². The number of ketones is 1. The molecule has 4 N–H and O–H groups in total. The molecule has 0 aliphatic heterocycles. The van der Waals surface area contributed by atoms with Gasteiger partial charge in [0.25, 0.3) is 0 Å². The van der Waals surface area contributed by atoms with Gasteiger partial charge in [-0.1, -0.05) is 23.7 Å². The molecule has 1 aromatic heterocycles. The van der Waals surface area contributed by atoms with Crippen LogP contribution in [0.15, 0.2) is 36.5 Å². The highest BCUT2D eigenvalue weighted by Gasteiger charge is 2.11. The fourth-order valence-corrected chi connectivity index (χ4v) is 1.97. The minimum atomic E-state index is -0.0741. The molecule has 0 bridgehead atoms. The standard InChI is InChI=1S/C14H14ClN3O/c15-10-7-12(14(17)18-8-10)13(19)5-4-9-2-1-3-11(16)6-9/h1-3,6-8H,4-5,16H2,(H2,17,18). The zero-order valence-corrected chi connectivity index (χ0v) is 11.0. The monoisotopic (exact) mass is 275 g/mol. The third kappa shape index (κ3) is 3.45. The summed E-state index contributed by atoms with van der Waals surface area (Å²) in [6, 6.07) is 9.01. The molecule has 0 aliphatic rings. The Morgan fingerprint density at radius 1 is 1.26 bits per heavy atom. The van der Waals surface area contributed by atoms with Gasteiger partial charge in [-0.25, -0.2) is 4.98 Å². The Morgan fingerprint density at radius 2 is 2.05 bits per heavy atom. The van der Waals surface area contributed by atoms with Crippen molar-refractivity contribution in [3.05, 3.63) is 52.7 Å². The van der Waals surface area contributed by atoms with Crippen molar-refractivity contribution in [2.24, 2.45) is 0 Å². The van der Waals surface area contributed by atoms with E-state index in [2.05, 4.69) is 4.98 Å². The number of carbonyl (C=O) groups excluding carboxylic acids is 1. The maximum absolute atomic E-state index is 12.1. The minimum absolute atomic E-state index is 0.0741. The van der Waals surface area contributed by atoms with Crippen LogP contribution in [0.2, 0.25) is 5.02 Å². The summed E-state index contributed by atoms with van der Waals surface area (Å²) in [5.41, 5.74) is 13.4. The van der Waals surface area contributed by atoms with Crippen molar-refractivity contribution >= 4 is 28.9 Å².